The number of nitrogens with zero attached hydrogens (tertiary/aromatic N) is 1. The molecule has 0 radical (unpaired) electrons. The summed E-state index contributed by atoms with van der Waals surface area (Å²) < 4.78 is 5.38. The Morgan fingerprint density at radius 3 is 2.29 bits per heavy atom. The number of phenolic OH excluding ortho intramolecular Hbond substituents is 1. The molecule has 3 atom stereocenters. The van der Waals surface area contributed by atoms with Gasteiger partial charge in [-0.1, -0.05) is 39.7 Å². The summed E-state index contributed by atoms with van der Waals surface area (Å²) in [7, 11) is 0. The molecule has 3 amide bonds. The molecule has 9 heteroatoms. The van der Waals surface area contributed by atoms with Gasteiger partial charge in [0.05, 0.1) is 0 Å². The van der Waals surface area contributed by atoms with Crippen LogP contribution in [0.15, 0.2) is 18.2 Å². The number of amides is 3. The zero-order chi connectivity index (χ0) is 29.0. The van der Waals surface area contributed by atoms with E-state index in [1.165, 1.54) is 0 Å². The van der Waals surface area contributed by atoms with Gasteiger partial charge in [-0.15, -0.1) is 0 Å². The number of hydrogen-bond acceptors (Lipinski definition) is 6. The molecule has 0 aromatic heterocycles. The summed E-state index contributed by atoms with van der Waals surface area (Å²) in [6, 6.07) is 2.69. The predicted molar refractivity (Wildman–Crippen MR) is 156 cm³/mol. The van der Waals surface area contributed by atoms with Crippen molar-refractivity contribution in [3.63, 3.8) is 0 Å². The van der Waals surface area contributed by atoms with Crippen LogP contribution in [0.3, 0.4) is 0 Å². The van der Waals surface area contributed by atoms with E-state index in [0.717, 1.165) is 25.7 Å². The highest BCUT2D eigenvalue weighted by Gasteiger charge is 2.38. The van der Waals surface area contributed by atoms with Gasteiger partial charge < -0.3 is 25.4 Å². The smallest absolute Gasteiger partial charge is 0.408 e. The van der Waals surface area contributed by atoms with E-state index in [1.807, 2.05) is 6.92 Å². The molecule has 0 aliphatic carbocycles. The molecule has 216 valence electrons. The number of carbonyl (C=O) groups is 3. The fourth-order valence-electron chi connectivity index (χ4n) is 4.10. The molecule has 3 N–H and O–H groups in total. The van der Waals surface area contributed by atoms with Crippen molar-refractivity contribution in [2.45, 2.75) is 111 Å². The lowest BCUT2D eigenvalue weighted by molar-refractivity contribution is -0.144. The molecule has 0 aliphatic rings. The lowest BCUT2D eigenvalue weighted by Gasteiger charge is -2.38. The van der Waals surface area contributed by atoms with Gasteiger partial charge in [-0.05, 0) is 83.1 Å². The van der Waals surface area contributed by atoms with Gasteiger partial charge in [-0.2, -0.15) is 12.6 Å². The first-order valence-corrected chi connectivity index (χ1v) is 14.3. The van der Waals surface area contributed by atoms with Crippen LogP contribution in [0.4, 0.5) is 4.79 Å². The molecule has 0 heterocycles. The second-order valence-electron chi connectivity index (χ2n) is 11.4. The molecule has 1 aromatic rings. The van der Waals surface area contributed by atoms with Gasteiger partial charge in [0.2, 0.25) is 11.8 Å². The van der Waals surface area contributed by atoms with Crippen molar-refractivity contribution >= 4 is 30.5 Å². The Bertz CT molecular complexity index is 916. The largest absolute Gasteiger partial charge is 0.508 e. The normalized spacial score (nSPS) is 13.9. The SMILES string of the molecule is CCCCCNC(=O)C(c1ccc(O)c(C)c1)N(C(=O)C(CS)NC(=O)OC(C)(C)C)C(C)CCC(C)C. The second kappa shape index (κ2) is 15.9. The van der Waals surface area contributed by atoms with Gasteiger partial charge in [0, 0.05) is 18.3 Å². The highest BCUT2D eigenvalue weighted by atomic mass is 32.1. The second-order valence-corrected chi connectivity index (χ2v) is 11.8. The van der Waals surface area contributed by atoms with Crippen LogP contribution in [-0.2, 0) is 14.3 Å². The number of aromatic hydroxyl groups is 1. The van der Waals surface area contributed by atoms with Crippen molar-refractivity contribution in [3.05, 3.63) is 29.3 Å². The molecule has 0 spiro atoms. The van der Waals surface area contributed by atoms with Crippen molar-refractivity contribution in [3.8, 4) is 5.75 Å². The fraction of sp³-hybridized carbons (Fsp3) is 0.690. The molecule has 8 nitrogen and oxygen atoms in total. The molecule has 0 saturated heterocycles. The molecular weight excluding hydrogens is 502 g/mol. The molecule has 0 aliphatic heterocycles. The van der Waals surface area contributed by atoms with Crippen LogP contribution in [0, 0.1) is 12.8 Å². The summed E-state index contributed by atoms with van der Waals surface area (Å²) in [5, 5.41) is 15.8. The minimum atomic E-state index is -0.997. The third-order valence-electron chi connectivity index (χ3n) is 6.21. The van der Waals surface area contributed by atoms with E-state index in [4.69, 9.17) is 4.74 Å². The number of thiol groups is 1. The maximum Gasteiger partial charge on any atom is 0.408 e. The highest BCUT2D eigenvalue weighted by Crippen LogP contribution is 2.30. The summed E-state index contributed by atoms with van der Waals surface area (Å²) in [6.07, 6.45) is 3.65. The summed E-state index contributed by atoms with van der Waals surface area (Å²) in [4.78, 5) is 41.9. The van der Waals surface area contributed by atoms with Gasteiger partial charge in [-0.25, -0.2) is 4.79 Å². The average Bonchev–Trinajstić information content (AvgIpc) is 2.82. The number of rotatable bonds is 14. The molecule has 38 heavy (non-hydrogen) atoms. The molecule has 3 unspecified atom stereocenters. The van der Waals surface area contributed by atoms with Crippen LogP contribution >= 0.6 is 12.6 Å². The van der Waals surface area contributed by atoms with Crippen LogP contribution in [0.5, 0.6) is 5.75 Å². The lowest BCUT2D eigenvalue weighted by Crippen LogP contribution is -2.56. The number of benzene rings is 1. The number of ether oxygens (including phenoxy) is 1. The van der Waals surface area contributed by atoms with Gasteiger partial charge in [0.25, 0.3) is 0 Å². The quantitative estimate of drug-likeness (QED) is 0.180. The highest BCUT2D eigenvalue weighted by molar-refractivity contribution is 7.80. The molecule has 0 saturated carbocycles. The van der Waals surface area contributed by atoms with E-state index < -0.39 is 29.7 Å². The Hall–Kier alpha value is -2.42. The topological polar surface area (TPSA) is 108 Å². The van der Waals surface area contributed by atoms with Crippen molar-refractivity contribution in [1.29, 1.82) is 0 Å². The third-order valence-corrected chi connectivity index (χ3v) is 6.57. The summed E-state index contributed by atoms with van der Waals surface area (Å²) in [5.74, 6) is -0.161. The Balaban J connectivity index is 3.51. The summed E-state index contributed by atoms with van der Waals surface area (Å²) >= 11 is 4.35. The Morgan fingerprint density at radius 1 is 1.11 bits per heavy atom. The van der Waals surface area contributed by atoms with Crippen molar-refractivity contribution in [2.24, 2.45) is 5.92 Å². The maximum atomic E-state index is 14.1. The first-order valence-electron chi connectivity index (χ1n) is 13.7. The predicted octanol–water partition coefficient (Wildman–Crippen LogP) is 5.52. The van der Waals surface area contributed by atoms with Crippen LogP contribution in [-0.4, -0.2) is 57.9 Å². The zero-order valence-corrected chi connectivity index (χ0v) is 25.4. The average molecular weight is 552 g/mol. The van der Waals surface area contributed by atoms with E-state index in [2.05, 4.69) is 44.0 Å². The van der Waals surface area contributed by atoms with Crippen LogP contribution in [0.1, 0.15) is 97.7 Å². The Kier molecular flexibility index (Phi) is 14.0. The maximum absolute atomic E-state index is 14.1. The zero-order valence-electron chi connectivity index (χ0n) is 24.5. The van der Waals surface area contributed by atoms with E-state index in [9.17, 15) is 19.5 Å². The molecule has 0 bridgehead atoms. The number of phenols is 1. The minimum Gasteiger partial charge on any atom is -0.508 e. The molecule has 1 aromatic carbocycles. The van der Waals surface area contributed by atoms with E-state index >= 15 is 0 Å². The van der Waals surface area contributed by atoms with Crippen LogP contribution in [0.25, 0.3) is 0 Å². The standard InChI is InChI=1S/C29H49N3O5S/c1-9-10-11-16-30-26(34)25(22-14-15-24(33)20(4)17-22)32(21(5)13-12-19(2)3)27(35)23(18-38)31-28(36)37-29(6,7)8/h14-15,17,19,21,23,25,33,38H,9-13,16,18H2,1-8H3,(H,30,34)(H,31,36). The summed E-state index contributed by atoms with van der Waals surface area (Å²) in [5.41, 5.74) is 0.461. The lowest BCUT2D eigenvalue weighted by atomic mass is 9.96. The Morgan fingerprint density at radius 2 is 1.76 bits per heavy atom. The van der Waals surface area contributed by atoms with Gasteiger partial charge in [0.15, 0.2) is 0 Å². The third kappa shape index (κ3) is 11.1. The number of unbranched alkanes of at least 4 members (excludes halogenated alkanes) is 2. The number of hydrogen-bond donors (Lipinski definition) is 4. The number of carbonyl (C=O) groups excluding carboxylic acids is 3. The summed E-state index contributed by atoms with van der Waals surface area (Å²) in [6.45, 7) is 15.7. The first-order chi connectivity index (χ1) is 17.7. The number of nitrogens with one attached hydrogen (secondary N) is 2. The van der Waals surface area contributed by atoms with Crippen molar-refractivity contribution in [1.82, 2.24) is 15.5 Å². The number of aryl methyl sites for hydroxylation is 1. The van der Waals surface area contributed by atoms with Crippen molar-refractivity contribution in [2.75, 3.05) is 12.3 Å². The Labute approximate surface area is 234 Å². The van der Waals surface area contributed by atoms with E-state index in [1.54, 1.807) is 50.8 Å². The van der Waals surface area contributed by atoms with Crippen molar-refractivity contribution < 1.29 is 24.2 Å². The molecular formula is C29H49N3O5S. The van der Waals surface area contributed by atoms with Crippen LogP contribution < -0.4 is 10.6 Å². The van der Waals surface area contributed by atoms with E-state index in [-0.39, 0.29) is 23.5 Å². The fourth-order valence-corrected chi connectivity index (χ4v) is 4.35. The monoisotopic (exact) mass is 551 g/mol. The minimum absolute atomic E-state index is 0.0327. The van der Waals surface area contributed by atoms with Gasteiger partial charge in [0.1, 0.15) is 23.4 Å². The van der Waals surface area contributed by atoms with Gasteiger partial charge in [-0.3, -0.25) is 9.59 Å². The van der Waals surface area contributed by atoms with Gasteiger partial charge >= 0.3 is 6.09 Å². The first kappa shape index (κ1) is 33.6. The van der Waals surface area contributed by atoms with E-state index in [0.29, 0.717) is 30.0 Å². The molecule has 1 rings (SSSR count). The number of alkyl carbamates (subject to hydrolysis) is 1. The van der Waals surface area contributed by atoms with Crippen LogP contribution in [0.2, 0.25) is 0 Å². The molecule has 0 fully saturated rings.